The van der Waals surface area contributed by atoms with Gasteiger partial charge in [-0.25, -0.2) is 0 Å². The van der Waals surface area contributed by atoms with Crippen LogP contribution in [-0.2, 0) is 6.54 Å². The van der Waals surface area contributed by atoms with Crippen LogP contribution in [0.25, 0.3) is 0 Å². The van der Waals surface area contributed by atoms with E-state index in [4.69, 9.17) is 21.1 Å². The molecule has 5 heteroatoms. The van der Waals surface area contributed by atoms with Crippen LogP contribution in [0.15, 0.2) is 12.1 Å². The van der Waals surface area contributed by atoms with Crippen LogP contribution < -0.4 is 14.8 Å². The summed E-state index contributed by atoms with van der Waals surface area (Å²) in [5.74, 6) is 1.25. The first kappa shape index (κ1) is 16.1. The van der Waals surface area contributed by atoms with Gasteiger partial charge in [0.25, 0.3) is 0 Å². The molecule has 1 aromatic rings. The van der Waals surface area contributed by atoms with E-state index in [2.05, 4.69) is 5.32 Å². The van der Waals surface area contributed by atoms with Crippen LogP contribution in [0.4, 0.5) is 0 Å². The number of ether oxygens (including phenoxy) is 2. The summed E-state index contributed by atoms with van der Waals surface area (Å²) in [6, 6.07) is 3.76. The van der Waals surface area contributed by atoms with E-state index in [0.717, 1.165) is 5.56 Å². The maximum absolute atomic E-state index is 9.20. The highest BCUT2D eigenvalue weighted by atomic mass is 35.5. The van der Waals surface area contributed by atoms with Gasteiger partial charge in [0, 0.05) is 13.1 Å². The second-order valence-electron chi connectivity index (χ2n) is 4.25. The highest BCUT2D eigenvalue weighted by Gasteiger charge is 2.12. The summed E-state index contributed by atoms with van der Waals surface area (Å²) in [6.07, 6.45) is -0.371. The minimum Gasteiger partial charge on any atom is -0.490 e. The van der Waals surface area contributed by atoms with Crippen molar-refractivity contribution in [3.8, 4) is 11.5 Å². The van der Waals surface area contributed by atoms with Crippen molar-refractivity contribution >= 4 is 11.6 Å². The third kappa shape index (κ3) is 5.27. The van der Waals surface area contributed by atoms with E-state index in [9.17, 15) is 5.11 Å². The van der Waals surface area contributed by atoms with Crippen molar-refractivity contribution in [2.75, 3.05) is 19.8 Å². The first-order valence-electron chi connectivity index (χ1n) is 6.55. The predicted molar refractivity (Wildman–Crippen MR) is 77.2 cm³/mol. The van der Waals surface area contributed by atoms with Crippen molar-refractivity contribution in [1.29, 1.82) is 0 Å². The molecule has 19 heavy (non-hydrogen) atoms. The van der Waals surface area contributed by atoms with Gasteiger partial charge in [0.1, 0.15) is 0 Å². The molecule has 0 radical (unpaired) electrons. The quantitative estimate of drug-likeness (QED) is 0.772. The van der Waals surface area contributed by atoms with Crippen molar-refractivity contribution in [2.45, 2.75) is 33.4 Å². The Morgan fingerprint density at radius 1 is 1.26 bits per heavy atom. The lowest BCUT2D eigenvalue weighted by Gasteiger charge is -2.15. The molecule has 0 aliphatic heterocycles. The summed E-state index contributed by atoms with van der Waals surface area (Å²) in [5.41, 5.74) is 0.998. The summed E-state index contributed by atoms with van der Waals surface area (Å²) < 4.78 is 11.1. The monoisotopic (exact) mass is 287 g/mol. The minimum absolute atomic E-state index is 0.371. The molecule has 0 bridgehead atoms. The summed E-state index contributed by atoms with van der Waals surface area (Å²) in [7, 11) is 0. The number of nitrogens with one attached hydrogen (secondary N) is 1. The first-order valence-corrected chi connectivity index (χ1v) is 6.93. The van der Waals surface area contributed by atoms with Gasteiger partial charge in [-0.1, -0.05) is 11.6 Å². The molecule has 0 spiro atoms. The number of aliphatic hydroxyl groups is 1. The van der Waals surface area contributed by atoms with Crippen molar-refractivity contribution in [1.82, 2.24) is 5.32 Å². The number of hydrogen-bond donors (Lipinski definition) is 2. The first-order chi connectivity index (χ1) is 9.08. The summed E-state index contributed by atoms with van der Waals surface area (Å²) in [6.45, 7) is 7.82. The van der Waals surface area contributed by atoms with Gasteiger partial charge in [-0.05, 0) is 38.5 Å². The van der Waals surface area contributed by atoms with Gasteiger partial charge in [0.05, 0.1) is 24.3 Å². The molecule has 0 saturated heterocycles. The van der Waals surface area contributed by atoms with Crippen LogP contribution in [0, 0.1) is 0 Å². The third-order valence-corrected chi connectivity index (χ3v) is 2.71. The van der Waals surface area contributed by atoms with Gasteiger partial charge in [0.15, 0.2) is 11.5 Å². The summed E-state index contributed by atoms with van der Waals surface area (Å²) >= 11 is 6.21. The molecule has 0 aliphatic carbocycles. The van der Waals surface area contributed by atoms with Crippen molar-refractivity contribution in [2.24, 2.45) is 0 Å². The Labute approximate surface area is 119 Å². The molecule has 4 nitrogen and oxygen atoms in total. The number of rotatable bonds is 8. The topological polar surface area (TPSA) is 50.7 Å². The Balaban J connectivity index is 2.83. The van der Waals surface area contributed by atoms with E-state index in [1.54, 1.807) is 6.92 Å². The zero-order valence-electron chi connectivity index (χ0n) is 11.7. The van der Waals surface area contributed by atoms with E-state index in [1.165, 1.54) is 0 Å². The Kier molecular flexibility index (Phi) is 6.99. The maximum atomic E-state index is 9.20. The molecule has 1 rings (SSSR count). The molecule has 1 aromatic carbocycles. The molecule has 0 saturated carbocycles. The second kappa shape index (κ2) is 8.25. The number of aliphatic hydroxyl groups excluding tert-OH is 1. The Morgan fingerprint density at radius 3 is 2.53 bits per heavy atom. The summed E-state index contributed by atoms with van der Waals surface area (Å²) in [5, 5.41) is 12.9. The van der Waals surface area contributed by atoms with Gasteiger partial charge >= 0.3 is 0 Å². The fraction of sp³-hybridized carbons (Fsp3) is 0.571. The molecule has 0 aliphatic rings. The van der Waals surface area contributed by atoms with Gasteiger partial charge in [-0.15, -0.1) is 0 Å². The lowest BCUT2D eigenvalue weighted by Crippen LogP contribution is -2.23. The highest BCUT2D eigenvalue weighted by Crippen LogP contribution is 2.36. The molecule has 1 atom stereocenters. The Morgan fingerprint density at radius 2 is 1.95 bits per heavy atom. The molecule has 0 amide bonds. The van der Waals surface area contributed by atoms with Crippen molar-refractivity contribution < 1.29 is 14.6 Å². The molecular weight excluding hydrogens is 266 g/mol. The van der Waals surface area contributed by atoms with E-state index >= 15 is 0 Å². The third-order valence-electron chi connectivity index (χ3n) is 2.43. The molecule has 2 N–H and O–H groups in total. The molecular formula is C14H22ClNO3. The van der Waals surface area contributed by atoms with E-state index in [1.807, 2.05) is 26.0 Å². The smallest absolute Gasteiger partial charge is 0.179 e. The van der Waals surface area contributed by atoms with Crippen molar-refractivity contribution in [3.05, 3.63) is 22.7 Å². The normalized spacial score (nSPS) is 12.3. The second-order valence-corrected chi connectivity index (χ2v) is 4.66. The highest BCUT2D eigenvalue weighted by molar-refractivity contribution is 6.32. The predicted octanol–water partition coefficient (Wildman–Crippen LogP) is 2.61. The van der Waals surface area contributed by atoms with Crippen LogP contribution in [0.1, 0.15) is 26.3 Å². The van der Waals surface area contributed by atoms with E-state index < -0.39 is 0 Å². The Bertz CT molecular complexity index is 397. The van der Waals surface area contributed by atoms with Crippen LogP contribution >= 0.6 is 11.6 Å². The van der Waals surface area contributed by atoms with Crippen LogP contribution in [-0.4, -0.2) is 31.0 Å². The number of benzene rings is 1. The largest absolute Gasteiger partial charge is 0.490 e. The fourth-order valence-electron chi connectivity index (χ4n) is 1.70. The average Bonchev–Trinajstić information content (AvgIpc) is 2.33. The lowest BCUT2D eigenvalue weighted by molar-refractivity contribution is 0.191. The van der Waals surface area contributed by atoms with Crippen LogP contribution in [0.3, 0.4) is 0 Å². The molecule has 1 unspecified atom stereocenters. The standard InChI is InChI=1S/C14H22ClNO3/c1-4-18-13-7-11(9-16-8-10(3)17)6-12(15)14(13)19-5-2/h6-7,10,16-17H,4-5,8-9H2,1-3H3. The SMILES string of the molecule is CCOc1cc(CNCC(C)O)cc(Cl)c1OCC. The molecule has 0 fully saturated rings. The zero-order chi connectivity index (χ0) is 14.3. The zero-order valence-corrected chi connectivity index (χ0v) is 12.5. The van der Waals surface area contributed by atoms with Gasteiger partial charge in [-0.3, -0.25) is 0 Å². The van der Waals surface area contributed by atoms with Gasteiger partial charge in [-0.2, -0.15) is 0 Å². The number of hydrogen-bond acceptors (Lipinski definition) is 4. The molecule has 0 heterocycles. The average molecular weight is 288 g/mol. The maximum Gasteiger partial charge on any atom is 0.179 e. The number of halogens is 1. The minimum atomic E-state index is -0.371. The van der Waals surface area contributed by atoms with Crippen LogP contribution in [0.5, 0.6) is 11.5 Å². The van der Waals surface area contributed by atoms with E-state index in [0.29, 0.717) is 42.8 Å². The van der Waals surface area contributed by atoms with E-state index in [-0.39, 0.29) is 6.10 Å². The van der Waals surface area contributed by atoms with Gasteiger partial charge < -0.3 is 19.9 Å². The lowest BCUT2D eigenvalue weighted by atomic mass is 10.2. The summed E-state index contributed by atoms with van der Waals surface area (Å²) in [4.78, 5) is 0. The van der Waals surface area contributed by atoms with Crippen molar-refractivity contribution in [3.63, 3.8) is 0 Å². The van der Waals surface area contributed by atoms with Gasteiger partial charge in [0.2, 0.25) is 0 Å². The van der Waals surface area contributed by atoms with Crippen LogP contribution in [0.2, 0.25) is 5.02 Å². The fourth-order valence-corrected chi connectivity index (χ4v) is 1.98. The molecule has 108 valence electrons. The molecule has 0 aromatic heterocycles. The Hall–Kier alpha value is -0.970.